The molecule has 0 unspecified atom stereocenters. The van der Waals surface area contributed by atoms with E-state index in [0.29, 0.717) is 0 Å². The van der Waals surface area contributed by atoms with Crippen LogP contribution in [0.15, 0.2) is 175 Å². The first-order chi connectivity index (χ1) is 26.2. The monoisotopic (exact) mass is 708 g/mol. The minimum absolute atomic E-state index is 0.148. The summed E-state index contributed by atoms with van der Waals surface area (Å²) in [5.74, 6) is 0. The van der Waals surface area contributed by atoms with E-state index in [0.717, 1.165) is 33.4 Å². The number of nitriles is 2. The van der Waals surface area contributed by atoms with E-state index in [2.05, 4.69) is 164 Å². The molecule has 2 aliphatic carbocycles. The molecule has 0 fully saturated rings. The fraction of sp³-hybridized carbons (Fsp3) is 0.0204. The van der Waals surface area contributed by atoms with Crippen molar-refractivity contribution in [2.75, 3.05) is 0 Å². The van der Waals surface area contributed by atoms with Gasteiger partial charge in [0, 0.05) is 25.1 Å². The van der Waals surface area contributed by atoms with Crippen molar-refractivity contribution in [1.29, 1.82) is 10.5 Å². The van der Waals surface area contributed by atoms with Crippen molar-refractivity contribution in [2.45, 2.75) is 5.41 Å². The Kier molecular flexibility index (Phi) is 7.24. The molecule has 8 aromatic rings. The number of benzene rings is 6. The molecule has 0 saturated heterocycles. The Morgan fingerprint density at radius 3 is 1.49 bits per heavy atom. The van der Waals surface area contributed by atoms with Gasteiger partial charge in [0.15, 0.2) is 0 Å². The molecule has 53 heavy (non-hydrogen) atoms. The molecule has 246 valence electrons. The highest BCUT2D eigenvalue weighted by Crippen LogP contribution is 2.57. The lowest BCUT2D eigenvalue weighted by molar-refractivity contribution is 0.769. The summed E-state index contributed by atoms with van der Waals surface area (Å²) in [6, 6.07) is 65.4. The highest BCUT2D eigenvalue weighted by atomic mass is 32.1. The minimum atomic E-state index is -0.426. The van der Waals surface area contributed by atoms with Crippen molar-refractivity contribution < 1.29 is 0 Å². The SMILES string of the molecule is N#CC(C#N)=C1c2ccccc2-c2cc(-c3ccc(-c4ccc(-c5ccc6c(c5)C(c5ccccc5)(c5ccccc5)c5ccccc5-6)s4)s3)ccc21. The van der Waals surface area contributed by atoms with Crippen molar-refractivity contribution in [3.05, 3.63) is 209 Å². The van der Waals surface area contributed by atoms with Crippen LogP contribution in [0.25, 0.3) is 58.5 Å². The second kappa shape index (κ2) is 12.3. The molecule has 0 saturated carbocycles. The highest BCUT2D eigenvalue weighted by Gasteiger charge is 2.46. The van der Waals surface area contributed by atoms with E-state index >= 15 is 0 Å². The molecule has 0 N–H and O–H groups in total. The number of thiophene rings is 2. The molecule has 0 aliphatic heterocycles. The van der Waals surface area contributed by atoms with Gasteiger partial charge in [-0.15, -0.1) is 22.7 Å². The molecule has 4 heteroatoms. The van der Waals surface area contributed by atoms with Crippen LogP contribution in [0.2, 0.25) is 0 Å². The van der Waals surface area contributed by atoms with Crippen molar-refractivity contribution in [2.24, 2.45) is 0 Å². The minimum Gasteiger partial charge on any atom is -0.192 e. The predicted octanol–water partition coefficient (Wildman–Crippen LogP) is 13.0. The Morgan fingerprint density at radius 1 is 0.396 bits per heavy atom. The molecule has 2 aliphatic rings. The molecule has 0 radical (unpaired) electrons. The summed E-state index contributed by atoms with van der Waals surface area (Å²) < 4.78 is 0. The van der Waals surface area contributed by atoms with Crippen LogP contribution in [-0.2, 0) is 5.41 Å². The van der Waals surface area contributed by atoms with E-state index in [1.54, 1.807) is 11.3 Å². The maximum Gasteiger partial charge on any atom is 0.138 e. The number of rotatable bonds is 5. The topological polar surface area (TPSA) is 47.6 Å². The first kappa shape index (κ1) is 31.2. The summed E-state index contributed by atoms with van der Waals surface area (Å²) in [4.78, 5) is 4.88. The zero-order valence-corrected chi connectivity index (χ0v) is 30.0. The zero-order chi connectivity index (χ0) is 35.5. The smallest absolute Gasteiger partial charge is 0.138 e. The fourth-order valence-corrected chi connectivity index (χ4v) is 10.6. The number of allylic oxidation sites excluding steroid dienone is 1. The van der Waals surface area contributed by atoms with Gasteiger partial charge in [0.2, 0.25) is 0 Å². The third-order valence-corrected chi connectivity index (χ3v) is 13.2. The van der Waals surface area contributed by atoms with Crippen LogP contribution in [0, 0.1) is 22.7 Å². The van der Waals surface area contributed by atoms with Crippen molar-refractivity contribution >= 4 is 28.2 Å². The molecular formula is C49H28N2S2. The molecular weight excluding hydrogens is 681 g/mol. The Morgan fingerprint density at radius 2 is 0.868 bits per heavy atom. The van der Waals surface area contributed by atoms with Gasteiger partial charge >= 0.3 is 0 Å². The normalized spacial score (nSPS) is 13.0. The molecule has 0 atom stereocenters. The summed E-state index contributed by atoms with van der Waals surface area (Å²) in [6.07, 6.45) is 0. The van der Waals surface area contributed by atoms with E-state index in [9.17, 15) is 10.5 Å². The number of hydrogen-bond donors (Lipinski definition) is 0. The first-order valence-electron chi connectivity index (χ1n) is 17.5. The van der Waals surface area contributed by atoms with Gasteiger partial charge in [-0.25, -0.2) is 0 Å². The third kappa shape index (κ3) is 4.67. The third-order valence-electron chi connectivity index (χ3n) is 10.7. The van der Waals surface area contributed by atoms with Gasteiger partial charge in [0.1, 0.15) is 17.7 Å². The summed E-state index contributed by atoms with van der Waals surface area (Å²) >= 11 is 3.62. The predicted molar refractivity (Wildman–Crippen MR) is 218 cm³/mol. The van der Waals surface area contributed by atoms with Crippen LogP contribution >= 0.6 is 22.7 Å². The van der Waals surface area contributed by atoms with E-state index in [-0.39, 0.29) is 5.57 Å². The van der Waals surface area contributed by atoms with Crippen LogP contribution in [-0.4, -0.2) is 0 Å². The van der Waals surface area contributed by atoms with Crippen LogP contribution < -0.4 is 0 Å². The van der Waals surface area contributed by atoms with E-state index in [4.69, 9.17) is 0 Å². The van der Waals surface area contributed by atoms with E-state index in [1.807, 2.05) is 29.5 Å². The second-order valence-corrected chi connectivity index (χ2v) is 15.6. The molecule has 2 nitrogen and oxygen atoms in total. The van der Waals surface area contributed by atoms with Gasteiger partial charge in [-0.3, -0.25) is 0 Å². The Hall–Kier alpha value is -6.56. The molecule has 2 heterocycles. The second-order valence-electron chi connectivity index (χ2n) is 13.4. The van der Waals surface area contributed by atoms with Gasteiger partial charge in [0.05, 0.1) is 5.41 Å². The van der Waals surface area contributed by atoms with Crippen LogP contribution in [0.3, 0.4) is 0 Å². The van der Waals surface area contributed by atoms with Crippen molar-refractivity contribution in [1.82, 2.24) is 0 Å². The maximum atomic E-state index is 9.72. The van der Waals surface area contributed by atoms with Crippen LogP contribution in [0.4, 0.5) is 0 Å². The van der Waals surface area contributed by atoms with Crippen LogP contribution in [0.1, 0.15) is 33.4 Å². The number of nitrogens with zero attached hydrogens (tertiary/aromatic N) is 2. The lowest BCUT2D eigenvalue weighted by atomic mass is 9.67. The van der Waals surface area contributed by atoms with Crippen molar-refractivity contribution in [3.8, 4) is 65.0 Å². The standard InChI is InChI=1S/C49H28N2S2/c50-29-33(30-51)48-39-17-8-7-15-36(39)41-27-31(20-22-40(41)48)44-23-25-46(52-44)47-26-24-45(53-47)32-19-21-38-37-16-9-10-18-42(37)49(43(38)28-32,34-11-3-1-4-12-34)35-13-5-2-6-14-35/h1-28H. The summed E-state index contributed by atoms with van der Waals surface area (Å²) in [5.41, 5.74) is 14.5. The summed E-state index contributed by atoms with van der Waals surface area (Å²) in [7, 11) is 0. The Labute approximate surface area is 316 Å². The fourth-order valence-electron chi connectivity index (χ4n) is 8.47. The first-order valence-corrected chi connectivity index (χ1v) is 19.2. The van der Waals surface area contributed by atoms with Gasteiger partial charge in [-0.2, -0.15) is 10.5 Å². The van der Waals surface area contributed by atoms with E-state index in [1.165, 1.54) is 58.5 Å². The maximum absolute atomic E-state index is 9.72. The van der Waals surface area contributed by atoms with Gasteiger partial charge in [-0.05, 0) is 103 Å². The summed E-state index contributed by atoms with van der Waals surface area (Å²) in [6.45, 7) is 0. The van der Waals surface area contributed by atoms with Gasteiger partial charge in [-0.1, -0.05) is 133 Å². The van der Waals surface area contributed by atoms with Crippen molar-refractivity contribution in [3.63, 3.8) is 0 Å². The number of hydrogen-bond acceptors (Lipinski definition) is 4. The molecule has 2 aromatic heterocycles. The number of fused-ring (bicyclic) bond motifs is 6. The molecule has 6 aromatic carbocycles. The quantitative estimate of drug-likeness (QED) is 0.167. The Balaban J connectivity index is 1.04. The average Bonchev–Trinajstić information content (AvgIpc) is 4.03. The lowest BCUT2D eigenvalue weighted by Gasteiger charge is -2.34. The highest BCUT2D eigenvalue weighted by molar-refractivity contribution is 7.25. The van der Waals surface area contributed by atoms with Gasteiger partial charge < -0.3 is 0 Å². The molecule has 10 rings (SSSR count). The molecule has 0 bridgehead atoms. The molecule has 0 spiro atoms. The molecule has 0 amide bonds. The van der Waals surface area contributed by atoms with Gasteiger partial charge in [0.25, 0.3) is 0 Å². The lowest BCUT2D eigenvalue weighted by Crippen LogP contribution is -2.28. The van der Waals surface area contributed by atoms with E-state index < -0.39 is 5.41 Å². The Bertz CT molecular complexity index is 2800. The average molecular weight is 709 g/mol. The van der Waals surface area contributed by atoms with Crippen LogP contribution in [0.5, 0.6) is 0 Å². The zero-order valence-electron chi connectivity index (χ0n) is 28.4. The summed E-state index contributed by atoms with van der Waals surface area (Å²) in [5, 5.41) is 19.4. The largest absolute Gasteiger partial charge is 0.192 e.